The number of aromatic amines is 2. The lowest BCUT2D eigenvalue weighted by Gasteiger charge is -2.37. The number of amides is 2. The van der Waals surface area contributed by atoms with Crippen LogP contribution in [0.25, 0.3) is 0 Å². The van der Waals surface area contributed by atoms with Gasteiger partial charge in [-0.25, -0.2) is 5.10 Å². The van der Waals surface area contributed by atoms with Gasteiger partial charge in [-0.15, -0.1) is 0 Å². The monoisotopic (exact) mass is 399 g/mol. The molecule has 10 nitrogen and oxygen atoms in total. The van der Waals surface area contributed by atoms with E-state index in [0.717, 1.165) is 44.7 Å². The van der Waals surface area contributed by atoms with Gasteiger partial charge in [-0.1, -0.05) is 6.07 Å². The first-order chi connectivity index (χ1) is 14.1. The number of nitrogens with zero attached hydrogens (tertiary/aromatic N) is 4. The third-order valence-corrected chi connectivity index (χ3v) is 5.72. The summed E-state index contributed by atoms with van der Waals surface area (Å²) in [7, 11) is 0. The molecule has 2 fully saturated rings. The third kappa shape index (κ3) is 4.47. The minimum absolute atomic E-state index is 0.0107. The normalized spacial score (nSPS) is 22.3. The molecule has 2 amide bonds. The Hall–Kier alpha value is -3.17. The molecule has 0 spiro atoms. The largest absolute Gasteiger partial charge is 0.348 e. The average Bonchev–Trinajstić information content (AvgIpc) is 3.29. The van der Waals surface area contributed by atoms with Gasteiger partial charge in [0.25, 0.3) is 5.91 Å². The molecule has 1 saturated carbocycles. The van der Waals surface area contributed by atoms with Crippen molar-refractivity contribution >= 4 is 17.8 Å². The smallest absolute Gasteiger partial charge is 0.268 e. The Morgan fingerprint density at radius 3 is 2.48 bits per heavy atom. The second-order valence-corrected chi connectivity index (χ2v) is 7.57. The first-order valence-corrected chi connectivity index (χ1v) is 9.99. The van der Waals surface area contributed by atoms with Crippen LogP contribution in [-0.4, -0.2) is 69.1 Å². The molecule has 0 bridgehead atoms. The van der Waals surface area contributed by atoms with Crippen LogP contribution in [0.15, 0.2) is 29.3 Å². The molecule has 2 aliphatic rings. The molecule has 2 aromatic heterocycles. The molecule has 4 rings (SSSR count). The van der Waals surface area contributed by atoms with E-state index < -0.39 is 0 Å². The molecule has 1 aliphatic carbocycles. The minimum Gasteiger partial charge on any atom is -0.348 e. The highest BCUT2D eigenvalue weighted by atomic mass is 16.2. The molecule has 3 N–H and O–H groups in total. The van der Waals surface area contributed by atoms with Gasteiger partial charge in [-0.2, -0.15) is 10.1 Å². The first-order valence-electron chi connectivity index (χ1n) is 9.99. The van der Waals surface area contributed by atoms with Crippen LogP contribution in [0.3, 0.4) is 0 Å². The molecule has 0 aromatic carbocycles. The SMILES string of the molecule is O=C(NC1CCC(C(=O)N2CCN(c3ncn[nH]3)CC2)CC1)c1cccc(=O)[nH]1. The highest BCUT2D eigenvalue weighted by Crippen LogP contribution is 2.27. The lowest BCUT2D eigenvalue weighted by Crippen LogP contribution is -2.51. The Balaban J connectivity index is 1.24. The fraction of sp³-hybridized carbons (Fsp3) is 0.526. The van der Waals surface area contributed by atoms with E-state index in [1.54, 1.807) is 12.1 Å². The van der Waals surface area contributed by atoms with E-state index in [1.807, 2.05) is 4.90 Å². The number of carbonyl (C=O) groups is 2. The summed E-state index contributed by atoms with van der Waals surface area (Å²) in [6.07, 6.45) is 4.53. The summed E-state index contributed by atoms with van der Waals surface area (Å²) in [5.74, 6) is 0.685. The molecule has 1 saturated heterocycles. The molecule has 0 atom stereocenters. The van der Waals surface area contributed by atoms with Crippen LogP contribution in [0.1, 0.15) is 36.2 Å². The van der Waals surface area contributed by atoms with Crippen LogP contribution in [0.2, 0.25) is 0 Å². The van der Waals surface area contributed by atoms with Crippen LogP contribution < -0.4 is 15.8 Å². The van der Waals surface area contributed by atoms with E-state index >= 15 is 0 Å². The second kappa shape index (κ2) is 8.46. The summed E-state index contributed by atoms with van der Waals surface area (Å²) < 4.78 is 0. The van der Waals surface area contributed by atoms with Crippen molar-refractivity contribution < 1.29 is 9.59 Å². The first kappa shape index (κ1) is 19.2. The summed E-state index contributed by atoms with van der Waals surface area (Å²) in [5, 5.41) is 9.69. The number of nitrogens with one attached hydrogen (secondary N) is 3. The summed E-state index contributed by atoms with van der Waals surface area (Å²) in [5.41, 5.74) is -0.0318. The van der Waals surface area contributed by atoms with E-state index in [2.05, 4.69) is 30.4 Å². The topological polar surface area (TPSA) is 127 Å². The van der Waals surface area contributed by atoms with Crippen molar-refractivity contribution in [3.63, 3.8) is 0 Å². The zero-order valence-corrected chi connectivity index (χ0v) is 16.1. The lowest BCUT2D eigenvalue weighted by atomic mass is 9.85. The van der Waals surface area contributed by atoms with Crippen molar-refractivity contribution in [3.05, 3.63) is 40.6 Å². The van der Waals surface area contributed by atoms with Gasteiger partial charge in [-0.3, -0.25) is 14.4 Å². The molecular weight excluding hydrogens is 374 g/mol. The summed E-state index contributed by atoms with van der Waals surface area (Å²) in [6.45, 7) is 2.83. The molecule has 154 valence electrons. The Kier molecular flexibility index (Phi) is 5.59. The highest BCUT2D eigenvalue weighted by Gasteiger charge is 2.32. The molecule has 2 aromatic rings. The number of aromatic nitrogens is 4. The average molecular weight is 399 g/mol. The Morgan fingerprint density at radius 2 is 1.83 bits per heavy atom. The number of rotatable bonds is 4. The molecular formula is C19H25N7O3. The standard InChI is InChI=1S/C19H25N7O3/c27-16-3-1-2-15(23-16)17(28)22-14-6-4-13(5-7-14)18(29)25-8-10-26(11-9-25)19-20-12-21-24-19/h1-3,12-14H,4-11H2,(H,22,28)(H,23,27)(H,20,21,24). The van der Waals surface area contributed by atoms with Gasteiger partial charge in [0.15, 0.2) is 0 Å². The Labute approximate surface area is 167 Å². The predicted octanol–water partition coefficient (Wildman–Crippen LogP) is 0.130. The van der Waals surface area contributed by atoms with Crippen molar-refractivity contribution in [2.24, 2.45) is 5.92 Å². The van der Waals surface area contributed by atoms with Crippen molar-refractivity contribution in [2.75, 3.05) is 31.1 Å². The number of hydrogen-bond donors (Lipinski definition) is 3. The predicted molar refractivity (Wildman–Crippen MR) is 105 cm³/mol. The summed E-state index contributed by atoms with van der Waals surface area (Å²) in [4.78, 5) is 47.2. The van der Waals surface area contributed by atoms with Gasteiger partial charge in [-0.05, 0) is 31.7 Å². The van der Waals surface area contributed by atoms with Crippen molar-refractivity contribution in [2.45, 2.75) is 31.7 Å². The molecule has 10 heteroatoms. The van der Waals surface area contributed by atoms with E-state index in [0.29, 0.717) is 13.1 Å². The zero-order chi connectivity index (χ0) is 20.2. The number of carbonyl (C=O) groups excluding carboxylic acids is 2. The second-order valence-electron chi connectivity index (χ2n) is 7.57. The third-order valence-electron chi connectivity index (χ3n) is 5.72. The number of H-pyrrole nitrogens is 2. The van der Waals surface area contributed by atoms with Crippen LogP contribution in [0.4, 0.5) is 5.95 Å². The van der Waals surface area contributed by atoms with E-state index in [9.17, 15) is 14.4 Å². The number of anilines is 1. The quantitative estimate of drug-likeness (QED) is 0.671. The van der Waals surface area contributed by atoms with E-state index in [-0.39, 0.29) is 35.0 Å². The van der Waals surface area contributed by atoms with Crippen molar-refractivity contribution in [1.82, 2.24) is 30.4 Å². The van der Waals surface area contributed by atoms with Crippen LogP contribution in [0.5, 0.6) is 0 Å². The van der Waals surface area contributed by atoms with Crippen LogP contribution >= 0.6 is 0 Å². The van der Waals surface area contributed by atoms with Gasteiger partial charge < -0.3 is 20.1 Å². The van der Waals surface area contributed by atoms with E-state index in [4.69, 9.17) is 0 Å². The molecule has 29 heavy (non-hydrogen) atoms. The Morgan fingerprint density at radius 1 is 1.07 bits per heavy atom. The molecule has 0 unspecified atom stereocenters. The highest BCUT2D eigenvalue weighted by molar-refractivity contribution is 5.92. The van der Waals surface area contributed by atoms with Crippen LogP contribution in [-0.2, 0) is 4.79 Å². The Bertz CT molecular complexity index is 895. The maximum absolute atomic E-state index is 12.9. The zero-order valence-electron chi connectivity index (χ0n) is 16.1. The van der Waals surface area contributed by atoms with Crippen molar-refractivity contribution in [3.8, 4) is 0 Å². The number of piperazine rings is 1. The maximum Gasteiger partial charge on any atom is 0.268 e. The van der Waals surface area contributed by atoms with E-state index in [1.165, 1.54) is 12.4 Å². The minimum atomic E-state index is -0.296. The molecule has 3 heterocycles. The summed E-state index contributed by atoms with van der Waals surface area (Å²) in [6, 6.07) is 4.55. The van der Waals surface area contributed by atoms with Crippen molar-refractivity contribution in [1.29, 1.82) is 0 Å². The maximum atomic E-state index is 12.9. The number of hydrogen-bond acceptors (Lipinski definition) is 6. The lowest BCUT2D eigenvalue weighted by molar-refractivity contribution is -0.137. The molecule has 0 radical (unpaired) electrons. The van der Waals surface area contributed by atoms with Crippen LogP contribution in [0, 0.1) is 5.92 Å². The van der Waals surface area contributed by atoms with Gasteiger partial charge in [0.1, 0.15) is 12.0 Å². The number of pyridine rings is 1. The van der Waals surface area contributed by atoms with Gasteiger partial charge in [0.05, 0.1) is 0 Å². The van der Waals surface area contributed by atoms with Gasteiger partial charge in [0, 0.05) is 44.2 Å². The fourth-order valence-electron chi connectivity index (χ4n) is 4.08. The van der Waals surface area contributed by atoms with Gasteiger partial charge in [0.2, 0.25) is 17.4 Å². The molecule has 1 aliphatic heterocycles. The van der Waals surface area contributed by atoms with Gasteiger partial charge >= 0.3 is 0 Å². The summed E-state index contributed by atoms with van der Waals surface area (Å²) >= 11 is 0. The fourth-order valence-corrected chi connectivity index (χ4v) is 4.08.